The molecule has 3 aliphatic carbocycles. The number of carbonyl (C=O) groups excluding carboxylic acids is 2. The fraction of sp³-hybridized carbons (Fsp3) is 0.553. The fourth-order valence-electron chi connectivity index (χ4n) is 7.61. The molecule has 9 nitrogen and oxygen atoms in total. The van der Waals surface area contributed by atoms with Crippen molar-refractivity contribution in [1.29, 1.82) is 0 Å². The summed E-state index contributed by atoms with van der Waals surface area (Å²) in [7, 11) is 1.72. The number of nitrogens with zero attached hydrogens (tertiary/aromatic N) is 3. The minimum absolute atomic E-state index is 0.0446. The van der Waals surface area contributed by atoms with Gasteiger partial charge in [-0.05, 0) is 118 Å². The van der Waals surface area contributed by atoms with Crippen molar-refractivity contribution in [3.05, 3.63) is 66.0 Å². The van der Waals surface area contributed by atoms with Crippen LogP contribution < -0.4 is 15.0 Å². The molecule has 250 valence electrons. The largest absolute Gasteiger partial charge is 0.496 e. The smallest absolute Gasteiger partial charge is 0.407 e. The van der Waals surface area contributed by atoms with Gasteiger partial charge < -0.3 is 24.4 Å². The summed E-state index contributed by atoms with van der Waals surface area (Å²) in [6, 6.07) is 15.6. The van der Waals surface area contributed by atoms with Crippen LogP contribution in [-0.2, 0) is 14.3 Å². The van der Waals surface area contributed by atoms with Crippen LogP contribution in [0.15, 0.2) is 54.9 Å². The average molecular weight is 641 g/mol. The molecule has 0 radical (unpaired) electrons. The zero-order valence-electron chi connectivity index (χ0n) is 27.7. The van der Waals surface area contributed by atoms with E-state index < -0.39 is 0 Å². The molecule has 2 amide bonds. The quantitative estimate of drug-likeness (QED) is 0.252. The van der Waals surface area contributed by atoms with E-state index >= 15 is 0 Å². The average Bonchev–Trinajstić information content (AvgIpc) is 3.81. The second-order valence-corrected chi connectivity index (χ2v) is 14.1. The van der Waals surface area contributed by atoms with Crippen molar-refractivity contribution in [2.24, 2.45) is 11.8 Å². The van der Waals surface area contributed by atoms with E-state index in [0.717, 1.165) is 67.6 Å². The molecule has 0 atom stereocenters. The number of aryl methyl sites for hydroxylation is 1. The Balaban J connectivity index is 1.03. The van der Waals surface area contributed by atoms with Crippen LogP contribution in [0, 0.1) is 18.8 Å². The number of hydrogen-bond donors (Lipinski definition) is 1. The van der Waals surface area contributed by atoms with Crippen LogP contribution in [0.5, 0.6) is 5.75 Å². The Bertz CT molecular complexity index is 1550. The van der Waals surface area contributed by atoms with Gasteiger partial charge in [-0.2, -0.15) is 5.10 Å². The SMILES string of the molecule is COc1ccc([C@H]2CC[C@H](CN(c3cccc(-c4cnn(C5CC5)c4)c3)C(=O)[C@H]3CC[C@H](OC(=O)NC4COC4)CC3)CC2)cc1C. The number of amides is 2. The van der Waals surface area contributed by atoms with E-state index in [2.05, 4.69) is 75.6 Å². The first-order chi connectivity index (χ1) is 22.9. The first-order valence-electron chi connectivity index (χ1n) is 17.6. The second kappa shape index (κ2) is 14.1. The predicted octanol–water partition coefficient (Wildman–Crippen LogP) is 7.19. The van der Waals surface area contributed by atoms with Crippen LogP contribution in [0.1, 0.15) is 87.3 Å². The van der Waals surface area contributed by atoms with E-state index in [1.165, 1.54) is 24.0 Å². The molecule has 3 aromatic rings. The van der Waals surface area contributed by atoms with E-state index in [1.54, 1.807) is 7.11 Å². The third-order valence-corrected chi connectivity index (χ3v) is 10.7. The van der Waals surface area contributed by atoms with Gasteiger partial charge in [0.2, 0.25) is 5.91 Å². The number of ether oxygens (including phenoxy) is 3. The molecule has 1 aromatic heterocycles. The molecule has 0 unspecified atom stereocenters. The molecule has 0 spiro atoms. The molecule has 1 N–H and O–H groups in total. The van der Waals surface area contributed by atoms with Gasteiger partial charge in [0.25, 0.3) is 0 Å². The summed E-state index contributed by atoms with van der Waals surface area (Å²) in [4.78, 5) is 28.8. The Labute approximate surface area is 277 Å². The van der Waals surface area contributed by atoms with E-state index in [0.29, 0.717) is 43.9 Å². The Morgan fingerprint density at radius 2 is 1.74 bits per heavy atom. The monoisotopic (exact) mass is 640 g/mol. The maximum Gasteiger partial charge on any atom is 0.407 e. The van der Waals surface area contributed by atoms with Crippen molar-refractivity contribution in [1.82, 2.24) is 15.1 Å². The minimum Gasteiger partial charge on any atom is -0.496 e. The number of methoxy groups -OCH3 is 1. The molecule has 47 heavy (non-hydrogen) atoms. The van der Waals surface area contributed by atoms with Crippen LogP contribution in [-0.4, -0.2) is 60.8 Å². The topological polar surface area (TPSA) is 94.9 Å². The van der Waals surface area contributed by atoms with Gasteiger partial charge in [-0.1, -0.05) is 24.3 Å². The number of aromatic nitrogens is 2. The molecule has 9 heteroatoms. The van der Waals surface area contributed by atoms with E-state index in [1.807, 2.05) is 6.20 Å². The van der Waals surface area contributed by atoms with Crippen molar-refractivity contribution in [2.75, 3.05) is 31.8 Å². The zero-order chi connectivity index (χ0) is 32.3. The fourth-order valence-corrected chi connectivity index (χ4v) is 7.61. The van der Waals surface area contributed by atoms with Gasteiger partial charge >= 0.3 is 6.09 Å². The molecule has 0 bridgehead atoms. The third kappa shape index (κ3) is 7.51. The number of benzene rings is 2. The van der Waals surface area contributed by atoms with Crippen LogP contribution in [0.4, 0.5) is 10.5 Å². The number of hydrogen-bond acceptors (Lipinski definition) is 6. The Kier molecular flexibility index (Phi) is 9.52. The molecule has 4 aliphatic rings. The van der Waals surface area contributed by atoms with Crippen molar-refractivity contribution in [2.45, 2.75) is 95.2 Å². The van der Waals surface area contributed by atoms with E-state index in [9.17, 15) is 9.59 Å². The lowest BCUT2D eigenvalue weighted by Gasteiger charge is -2.36. The van der Waals surface area contributed by atoms with Gasteiger partial charge in [0.1, 0.15) is 11.9 Å². The van der Waals surface area contributed by atoms with Crippen molar-refractivity contribution >= 4 is 17.7 Å². The molecule has 3 saturated carbocycles. The minimum atomic E-state index is -0.378. The Morgan fingerprint density at radius 1 is 0.957 bits per heavy atom. The highest BCUT2D eigenvalue weighted by Crippen LogP contribution is 2.40. The Morgan fingerprint density at radius 3 is 2.43 bits per heavy atom. The highest BCUT2D eigenvalue weighted by atomic mass is 16.6. The highest BCUT2D eigenvalue weighted by molar-refractivity contribution is 5.95. The molecule has 1 aliphatic heterocycles. The number of nitrogens with one attached hydrogen (secondary N) is 1. The summed E-state index contributed by atoms with van der Waals surface area (Å²) >= 11 is 0. The van der Waals surface area contributed by atoms with Gasteiger partial charge in [-0.25, -0.2) is 4.79 Å². The summed E-state index contributed by atoms with van der Waals surface area (Å²) in [6.07, 6.45) is 13.2. The predicted molar refractivity (Wildman–Crippen MR) is 181 cm³/mol. The summed E-state index contributed by atoms with van der Waals surface area (Å²) in [6.45, 7) is 3.92. The molecular formula is C38H48N4O5. The van der Waals surface area contributed by atoms with Crippen molar-refractivity contribution < 1.29 is 23.8 Å². The van der Waals surface area contributed by atoms with E-state index in [-0.39, 0.29) is 30.1 Å². The molecule has 2 aromatic carbocycles. The lowest BCUT2D eigenvalue weighted by Crippen LogP contribution is -2.49. The molecule has 7 rings (SSSR count). The lowest BCUT2D eigenvalue weighted by molar-refractivity contribution is -0.124. The second-order valence-electron chi connectivity index (χ2n) is 14.1. The van der Waals surface area contributed by atoms with Crippen LogP contribution in [0.25, 0.3) is 11.1 Å². The standard InChI is InChI=1S/C38H48N4O5/c1-25-18-30(12-17-36(25)45-2)27-8-6-26(7-9-27)21-41(34-5-3-4-29(19-34)31-20-39-42(22-31)33-13-14-33)37(43)28-10-15-35(16-11-28)47-38(44)40-32-23-46-24-32/h3-5,12,17-20,22,26-28,32-33,35H,6-11,13-16,21,23-24H2,1-2H3,(H,40,44)/t26-,27-,28-,35-. The van der Waals surface area contributed by atoms with Gasteiger partial charge in [-0.3, -0.25) is 9.48 Å². The summed E-state index contributed by atoms with van der Waals surface area (Å²) in [5.74, 6) is 2.02. The van der Waals surface area contributed by atoms with E-state index in [4.69, 9.17) is 14.2 Å². The van der Waals surface area contributed by atoms with Crippen molar-refractivity contribution in [3.8, 4) is 16.9 Å². The molecule has 2 heterocycles. The summed E-state index contributed by atoms with van der Waals surface area (Å²) in [5.41, 5.74) is 5.71. The number of rotatable bonds is 10. The zero-order valence-corrected chi connectivity index (χ0v) is 27.7. The highest BCUT2D eigenvalue weighted by Gasteiger charge is 2.34. The van der Waals surface area contributed by atoms with Gasteiger partial charge in [0.15, 0.2) is 0 Å². The normalized spacial score (nSPS) is 24.6. The lowest BCUT2D eigenvalue weighted by atomic mass is 9.78. The van der Waals surface area contributed by atoms with Gasteiger partial charge in [0, 0.05) is 29.9 Å². The number of carbonyl (C=O) groups is 2. The molecular weight excluding hydrogens is 592 g/mol. The summed E-state index contributed by atoms with van der Waals surface area (Å²) < 4.78 is 18.4. The van der Waals surface area contributed by atoms with Gasteiger partial charge in [0.05, 0.1) is 38.6 Å². The van der Waals surface area contributed by atoms with Crippen LogP contribution >= 0.6 is 0 Å². The van der Waals surface area contributed by atoms with Crippen LogP contribution in [0.3, 0.4) is 0 Å². The first-order valence-corrected chi connectivity index (χ1v) is 17.6. The first kappa shape index (κ1) is 31.7. The summed E-state index contributed by atoms with van der Waals surface area (Å²) in [5, 5.41) is 7.47. The van der Waals surface area contributed by atoms with Gasteiger partial charge in [-0.15, -0.1) is 0 Å². The Hall–Kier alpha value is -3.85. The number of anilines is 1. The third-order valence-electron chi connectivity index (χ3n) is 10.7. The molecule has 4 fully saturated rings. The van der Waals surface area contributed by atoms with Crippen molar-refractivity contribution in [3.63, 3.8) is 0 Å². The maximum atomic E-state index is 14.4. The van der Waals surface area contributed by atoms with Crippen LogP contribution in [0.2, 0.25) is 0 Å². The maximum absolute atomic E-state index is 14.4. The number of alkyl carbamates (subject to hydrolysis) is 1. The molecule has 1 saturated heterocycles.